The van der Waals surface area contributed by atoms with Crippen molar-refractivity contribution in [1.29, 1.82) is 0 Å². The summed E-state index contributed by atoms with van der Waals surface area (Å²) in [4.78, 5) is 0. The van der Waals surface area contributed by atoms with Gasteiger partial charge in [-0.1, -0.05) is 147 Å². The largest absolute Gasteiger partial charge is 0.103 e. The van der Waals surface area contributed by atoms with Crippen molar-refractivity contribution in [3.63, 3.8) is 0 Å². The van der Waals surface area contributed by atoms with Gasteiger partial charge >= 0.3 is 0 Å². The first-order valence-electron chi connectivity index (χ1n) is 16.3. The minimum atomic E-state index is 0.132. The fourth-order valence-electron chi connectivity index (χ4n) is 7.26. The Morgan fingerprint density at radius 1 is 0.750 bits per heavy atom. The van der Waals surface area contributed by atoms with Crippen LogP contribution in [-0.4, -0.2) is 0 Å². The van der Waals surface area contributed by atoms with E-state index in [-0.39, 0.29) is 16.2 Å². The third-order valence-corrected chi connectivity index (χ3v) is 9.74. The van der Waals surface area contributed by atoms with E-state index in [2.05, 4.69) is 117 Å². The predicted octanol–water partition coefficient (Wildman–Crippen LogP) is 12.4. The number of benzene rings is 2. The number of unbranched alkanes of at least 4 members (excludes halogenated alkanes) is 3. The quantitative estimate of drug-likeness (QED) is 0.187. The molecule has 0 saturated carbocycles. The lowest BCUT2D eigenvalue weighted by atomic mass is 9.60. The molecule has 0 N–H and O–H groups in total. The number of rotatable bonds is 12. The second-order valence-electron chi connectivity index (χ2n) is 14.8. The van der Waals surface area contributed by atoms with Crippen molar-refractivity contribution in [2.24, 2.45) is 5.41 Å². The second-order valence-corrected chi connectivity index (χ2v) is 14.8. The molecule has 0 aliphatic heterocycles. The van der Waals surface area contributed by atoms with E-state index >= 15 is 0 Å². The molecule has 0 heteroatoms. The fraction of sp³-hybridized carbons (Fsp3) is 0.550. The van der Waals surface area contributed by atoms with E-state index in [1.54, 1.807) is 22.3 Å². The zero-order valence-corrected chi connectivity index (χ0v) is 27.1. The van der Waals surface area contributed by atoms with Crippen LogP contribution < -0.4 is 0 Å². The van der Waals surface area contributed by atoms with Crippen LogP contribution in [0, 0.1) is 5.41 Å². The minimum Gasteiger partial charge on any atom is -0.103 e. The molecule has 0 atom stereocenters. The van der Waals surface area contributed by atoms with Gasteiger partial charge in [0.25, 0.3) is 0 Å². The van der Waals surface area contributed by atoms with Gasteiger partial charge in [-0.25, -0.2) is 0 Å². The third kappa shape index (κ3) is 6.12. The van der Waals surface area contributed by atoms with Crippen LogP contribution in [0.1, 0.15) is 148 Å². The topological polar surface area (TPSA) is 0 Å². The minimum absolute atomic E-state index is 0.132. The van der Waals surface area contributed by atoms with Crippen LogP contribution in [0.2, 0.25) is 0 Å². The van der Waals surface area contributed by atoms with Gasteiger partial charge in [0.05, 0.1) is 0 Å². The van der Waals surface area contributed by atoms with E-state index in [1.807, 2.05) is 0 Å². The van der Waals surface area contributed by atoms with E-state index in [4.69, 9.17) is 0 Å². The van der Waals surface area contributed by atoms with Gasteiger partial charge in [0.2, 0.25) is 0 Å². The molecule has 0 nitrogen and oxygen atoms in total. The summed E-state index contributed by atoms with van der Waals surface area (Å²) >= 11 is 0. The molecule has 0 bridgehead atoms. The summed E-state index contributed by atoms with van der Waals surface area (Å²) in [6, 6.07) is 14.9. The lowest BCUT2D eigenvalue weighted by Crippen LogP contribution is -2.32. The molecule has 0 heterocycles. The van der Waals surface area contributed by atoms with E-state index in [0.29, 0.717) is 5.92 Å². The molecule has 0 amide bonds. The molecular formula is C40H56. The Balaban J connectivity index is 1.93. The van der Waals surface area contributed by atoms with Gasteiger partial charge in [0.1, 0.15) is 0 Å². The molecule has 0 spiro atoms. The highest BCUT2D eigenvalue weighted by atomic mass is 14.5. The van der Waals surface area contributed by atoms with Gasteiger partial charge in [-0.3, -0.25) is 0 Å². The molecule has 4 rings (SSSR count). The molecule has 216 valence electrons. The average molecular weight is 537 g/mol. The molecular weight excluding hydrogens is 480 g/mol. The fourth-order valence-corrected chi connectivity index (χ4v) is 7.26. The highest BCUT2D eigenvalue weighted by molar-refractivity contribution is 5.81. The molecule has 0 fully saturated rings. The summed E-state index contributed by atoms with van der Waals surface area (Å²) in [5, 5.41) is 0. The van der Waals surface area contributed by atoms with Crippen molar-refractivity contribution in [2.45, 2.75) is 136 Å². The van der Waals surface area contributed by atoms with Crippen LogP contribution in [0.15, 0.2) is 72.4 Å². The molecule has 2 aromatic rings. The summed E-state index contributed by atoms with van der Waals surface area (Å²) in [6.45, 7) is 22.9. The van der Waals surface area contributed by atoms with Crippen LogP contribution in [-0.2, 0) is 10.8 Å². The van der Waals surface area contributed by atoms with E-state index in [9.17, 15) is 0 Å². The van der Waals surface area contributed by atoms with E-state index < -0.39 is 0 Å². The molecule has 2 aliphatic carbocycles. The maximum absolute atomic E-state index is 3.96. The van der Waals surface area contributed by atoms with Crippen molar-refractivity contribution in [1.82, 2.24) is 0 Å². The molecule has 0 unspecified atom stereocenters. The molecule has 40 heavy (non-hydrogen) atoms. The molecule has 0 saturated heterocycles. The number of hydrogen-bond acceptors (Lipinski definition) is 0. The Kier molecular flexibility index (Phi) is 9.38. The zero-order valence-electron chi connectivity index (χ0n) is 27.1. The first-order chi connectivity index (χ1) is 19.0. The van der Waals surface area contributed by atoms with Crippen LogP contribution in [0.4, 0.5) is 0 Å². The first kappa shape index (κ1) is 30.6. The summed E-state index contributed by atoms with van der Waals surface area (Å²) in [6.07, 6.45) is 19.4. The smallest absolute Gasteiger partial charge is 0.0196 e. The van der Waals surface area contributed by atoms with E-state index in [0.717, 1.165) is 12.8 Å². The normalized spacial score (nSPS) is 15.6. The van der Waals surface area contributed by atoms with E-state index in [1.165, 1.54) is 73.6 Å². The monoisotopic (exact) mass is 536 g/mol. The maximum atomic E-state index is 3.96. The maximum Gasteiger partial charge on any atom is 0.0196 e. The Morgan fingerprint density at radius 3 is 1.73 bits per heavy atom. The number of allylic oxidation sites excluding steroid dienone is 5. The second kappa shape index (κ2) is 12.3. The van der Waals surface area contributed by atoms with Crippen molar-refractivity contribution in [3.05, 3.63) is 94.6 Å². The van der Waals surface area contributed by atoms with Gasteiger partial charge in [0.15, 0.2) is 0 Å². The summed E-state index contributed by atoms with van der Waals surface area (Å²) in [5.74, 6) is 0.410. The van der Waals surface area contributed by atoms with Crippen LogP contribution in [0.3, 0.4) is 0 Å². The van der Waals surface area contributed by atoms with Gasteiger partial charge in [-0.05, 0) is 82.7 Å². The van der Waals surface area contributed by atoms with Gasteiger partial charge < -0.3 is 0 Å². The Hall–Kier alpha value is -2.34. The third-order valence-electron chi connectivity index (χ3n) is 9.74. The van der Waals surface area contributed by atoms with Gasteiger partial charge in [-0.2, -0.15) is 0 Å². The van der Waals surface area contributed by atoms with Crippen molar-refractivity contribution in [3.8, 4) is 11.1 Å². The highest BCUT2D eigenvalue weighted by Gasteiger charge is 2.47. The lowest BCUT2D eigenvalue weighted by Gasteiger charge is -2.43. The lowest BCUT2D eigenvalue weighted by molar-refractivity contribution is 0.245. The van der Waals surface area contributed by atoms with Crippen molar-refractivity contribution in [2.75, 3.05) is 0 Å². The van der Waals surface area contributed by atoms with Crippen molar-refractivity contribution >= 4 is 0 Å². The molecule has 2 aliphatic rings. The standard InChI is InChI=1S/C40H56/c1-10-13-16-17-29-18-19-32(26-29)40(24-14-11-2,25-15-12-3)37-35-27-30(38(4,5)6)20-22-33(35)34-23-21-31(28-36(34)37)39(7,8)9/h10,18-23,27-28,37H,1,11-17,24-26H2,2-9H3. The van der Waals surface area contributed by atoms with Crippen LogP contribution in [0.5, 0.6) is 0 Å². The summed E-state index contributed by atoms with van der Waals surface area (Å²) < 4.78 is 0. The zero-order chi connectivity index (χ0) is 29.1. The number of fused-ring (bicyclic) bond motifs is 3. The summed E-state index contributed by atoms with van der Waals surface area (Å²) in [5.41, 5.74) is 12.8. The first-order valence-corrected chi connectivity index (χ1v) is 16.3. The number of hydrogen-bond donors (Lipinski definition) is 0. The summed E-state index contributed by atoms with van der Waals surface area (Å²) in [7, 11) is 0. The molecule has 0 radical (unpaired) electrons. The average Bonchev–Trinajstić information content (AvgIpc) is 3.51. The predicted molar refractivity (Wildman–Crippen MR) is 177 cm³/mol. The SMILES string of the molecule is C=CCCCC1=CC=C(C(CCCC)(CCCC)C2c3cc(C(C)(C)C)ccc3-c3ccc(C(C)(C)C)cc32)C1. The van der Waals surface area contributed by atoms with Gasteiger partial charge in [0, 0.05) is 11.3 Å². The van der Waals surface area contributed by atoms with Crippen LogP contribution in [0.25, 0.3) is 11.1 Å². The Bertz CT molecular complexity index is 1180. The Morgan fingerprint density at radius 2 is 1.27 bits per heavy atom. The van der Waals surface area contributed by atoms with Gasteiger partial charge in [-0.15, -0.1) is 6.58 Å². The molecule has 2 aromatic carbocycles. The van der Waals surface area contributed by atoms with Crippen LogP contribution >= 0.6 is 0 Å². The highest BCUT2D eigenvalue weighted by Crippen LogP contribution is 2.61. The Labute approximate surface area is 247 Å². The molecule has 0 aromatic heterocycles. The van der Waals surface area contributed by atoms with Crippen molar-refractivity contribution < 1.29 is 0 Å².